The lowest BCUT2D eigenvalue weighted by Gasteiger charge is -2.11. The average molecular weight is 328 g/mol. The molecule has 1 amide bonds. The summed E-state index contributed by atoms with van der Waals surface area (Å²) in [5.74, 6) is -2.60. The molecule has 23 heavy (non-hydrogen) atoms. The van der Waals surface area contributed by atoms with Gasteiger partial charge in [0.2, 0.25) is 0 Å². The molecule has 0 aliphatic carbocycles. The summed E-state index contributed by atoms with van der Waals surface area (Å²) in [7, 11) is 0. The quantitative estimate of drug-likeness (QED) is 0.531. The zero-order chi connectivity index (χ0) is 17.4. The van der Waals surface area contributed by atoms with E-state index in [-0.39, 0.29) is 11.1 Å². The minimum atomic E-state index is -4.96. The van der Waals surface area contributed by atoms with Crippen LogP contribution in [0, 0.1) is 15.9 Å². The van der Waals surface area contributed by atoms with Gasteiger partial charge in [0.1, 0.15) is 11.4 Å². The van der Waals surface area contributed by atoms with E-state index in [2.05, 4.69) is 0 Å². The fourth-order valence-electron chi connectivity index (χ4n) is 2.08. The molecular formula is C14H8F4N2O3. The van der Waals surface area contributed by atoms with Crippen LogP contribution in [-0.4, -0.2) is 10.8 Å². The fraction of sp³-hybridized carbons (Fsp3) is 0.0714. The maximum Gasteiger partial charge on any atom is 0.419 e. The number of hydrogen-bond acceptors (Lipinski definition) is 3. The Morgan fingerprint density at radius 3 is 2.35 bits per heavy atom. The van der Waals surface area contributed by atoms with Crippen LogP contribution in [0.4, 0.5) is 23.2 Å². The number of rotatable bonds is 3. The van der Waals surface area contributed by atoms with Crippen LogP contribution >= 0.6 is 0 Å². The summed E-state index contributed by atoms with van der Waals surface area (Å²) in [5, 5.41) is 11.2. The number of hydrogen-bond donors (Lipinski definition) is 1. The van der Waals surface area contributed by atoms with Gasteiger partial charge in [0, 0.05) is 0 Å². The van der Waals surface area contributed by atoms with E-state index in [1.165, 1.54) is 6.07 Å². The number of benzene rings is 2. The number of alkyl halides is 3. The number of nitro benzene ring substituents is 1. The van der Waals surface area contributed by atoms with Gasteiger partial charge in [-0.2, -0.15) is 13.2 Å². The molecule has 0 atom stereocenters. The summed E-state index contributed by atoms with van der Waals surface area (Å²) in [6.45, 7) is 0. The Hall–Kier alpha value is -2.97. The molecule has 120 valence electrons. The minimum Gasteiger partial charge on any atom is -0.365 e. The van der Waals surface area contributed by atoms with E-state index < -0.39 is 39.6 Å². The molecular weight excluding hydrogens is 320 g/mol. The van der Waals surface area contributed by atoms with Crippen molar-refractivity contribution in [1.29, 1.82) is 0 Å². The topological polar surface area (TPSA) is 86.2 Å². The van der Waals surface area contributed by atoms with Crippen LogP contribution in [0.25, 0.3) is 11.1 Å². The van der Waals surface area contributed by atoms with E-state index in [9.17, 15) is 32.5 Å². The Balaban J connectivity index is 2.75. The molecule has 0 aliphatic heterocycles. The molecule has 2 N–H and O–H groups in total. The van der Waals surface area contributed by atoms with Crippen LogP contribution in [0.1, 0.15) is 15.9 Å². The Morgan fingerprint density at radius 1 is 1.17 bits per heavy atom. The summed E-state index contributed by atoms with van der Waals surface area (Å²) in [4.78, 5) is 21.5. The predicted octanol–water partition coefficient (Wildman–Crippen LogP) is 3.52. The van der Waals surface area contributed by atoms with E-state index in [0.29, 0.717) is 12.1 Å². The molecule has 5 nitrogen and oxygen atoms in total. The Bertz CT molecular complexity index is 803. The summed E-state index contributed by atoms with van der Waals surface area (Å²) in [6, 6.07) is 5.42. The molecule has 9 heteroatoms. The Morgan fingerprint density at radius 2 is 1.83 bits per heavy atom. The Labute approximate surface area is 126 Å². The third kappa shape index (κ3) is 3.12. The molecule has 0 fully saturated rings. The Kier molecular flexibility index (Phi) is 4.04. The van der Waals surface area contributed by atoms with Gasteiger partial charge in [0.05, 0.1) is 16.1 Å². The highest BCUT2D eigenvalue weighted by molar-refractivity contribution is 6.00. The summed E-state index contributed by atoms with van der Waals surface area (Å²) in [6.07, 6.45) is -4.96. The van der Waals surface area contributed by atoms with Gasteiger partial charge in [0.15, 0.2) is 0 Å². The van der Waals surface area contributed by atoms with Crippen LogP contribution in [0.2, 0.25) is 0 Å². The van der Waals surface area contributed by atoms with E-state index in [4.69, 9.17) is 5.73 Å². The molecule has 0 heterocycles. The average Bonchev–Trinajstić information content (AvgIpc) is 2.45. The van der Waals surface area contributed by atoms with Gasteiger partial charge in [0.25, 0.3) is 11.6 Å². The van der Waals surface area contributed by atoms with E-state index in [1.54, 1.807) is 0 Å². The molecule has 0 spiro atoms. The van der Waals surface area contributed by atoms with Crippen LogP contribution in [0.15, 0.2) is 36.4 Å². The molecule has 0 saturated heterocycles. The number of carbonyl (C=O) groups excluding carboxylic acids is 1. The lowest BCUT2D eigenvalue weighted by molar-refractivity contribution is -0.384. The number of para-hydroxylation sites is 1. The second kappa shape index (κ2) is 5.67. The molecule has 0 radical (unpaired) electrons. The van der Waals surface area contributed by atoms with Crippen molar-refractivity contribution in [1.82, 2.24) is 0 Å². The first-order valence-electron chi connectivity index (χ1n) is 6.07. The van der Waals surface area contributed by atoms with Gasteiger partial charge < -0.3 is 5.73 Å². The van der Waals surface area contributed by atoms with Crippen molar-refractivity contribution < 1.29 is 27.3 Å². The predicted molar refractivity (Wildman–Crippen MR) is 72.0 cm³/mol. The van der Waals surface area contributed by atoms with E-state index in [1.807, 2.05) is 0 Å². The highest BCUT2D eigenvalue weighted by Gasteiger charge is 2.35. The number of carbonyl (C=O) groups is 1. The molecule has 0 unspecified atom stereocenters. The molecule has 2 aromatic carbocycles. The zero-order valence-corrected chi connectivity index (χ0v) is 11.2. The molecule has 0 aromatic heterocycles. The number of nitro groups is 1. The van der Waals surface area contributed by atoms with Gasteiger partial charge in [-0.3, -0.25) is 14.9 Å². The molecule has 0 aliphatic rings. The third-order valence-electron chi connectivity index (χ3n) is 3.07. The number of amides is 1. The zero-order valence-electron chi connectivity index (χ0n) is 11.2. The SMILES string of the molecule is NC(=O)c1cccc(-c2ccc(F)c(C(F)(F)F)c2)c1[N+](=O)[O-]. The van der Waals surface area contributed by atoms with Crippen molar-refractivity contribution in [2.45, 2.75) is 6.18 Å². The number of nitrogens with two attached hydrogens (primary N) is 1. The van der Waals surface area contributed by atoms with E-state index >= 15 is 0 Å². The standard InChI is InChI=1S/C14H8F4N2O3/c15-11-5-4-7(6-10(11)14(16,17)18)8-2-1-3-9(13(19)21)12(8)20(22)23/h1-6H,(H2,19,21). The highest BCUT2D eigenvalue weighted by atomic mass is 19.4. The second-order valence-electron chi connectivity index (χ2n) is 4.52. The van der Waals surface area contributed by atoms with Gasteiger partial charge >= 0.3 is 6.18 Å². The van der Waals surface area contributed by atoms with Crippen molar-refractivity contribution in [2.75, 3.05) is 0 Å². The van der Waals surface area contributed by atoms with Crippen molar-refractivity contribution >= 4 is 11.6 Å². The minimum absolute atomic E-state index is 0.256. The molecule has 2 rings (SSSR count). The van der Waals surface area contributed by atoms with Gasteiger partial charge in [-0.15, -0.1) is 0 Å². The van der Waals surface area contributed by atoms with Crippen molar-refractivity contribution in [3.8, 4) is 11.1 Å². The maximum absolute atomic E-state index is 13.3. The second-order valence-corrected chi connectivity index (χ2v) is 4.52. The van der Waals surface area contributed by atoms with Gasteiger partial charge in [-0.05, 0) is 29.8 Å². The monoisotopic (exact) mass is 328 g/mol. The molecule has 0 bridgehead atoms. The van der Waals surface area contributed by atoms with Crippen LogP contribution in [0.5, 0.6) is 0 Å². The van der Waals surface area contributed by atoms with Gasteiger partial charge in [-0.25, -0.2) is 4.39 Å². The lowest BCUT2D eigenvalue weighted by atomic mass is 9.98. The van der Waals surface area contributed by atoms with Crippen molar-refractivity contribution in [3.05, 3.63) is 63.5 Å². The normalized spacial score (nSPS) is 11.3. The van der Waals surface area contributed by atoms with Crippen LogP contribution in [0.3, 0.4) is 0 Å². The van der Waals surface area contributed by atoms with E-state index in [0.717, 1.165) is 18.2 Å². The third-order valence-corrected chi connectivity index (χ3v) is 3.07. The first-order valence-corrected chi connectivity index (χ1v) is 6.07. The fourth-order valence-corrected chi connectivity index (χ4v) is 2.08. The smallest absolute Gasteiger partial charge is 0.365 e. The lowest BCUT2D eigenvalue weighted by Crippen LogP contribution is -2.14. The summed E-state index contributed by atoms with van der Waals surface area (Å²) < 4.78 is 51.6. The summed E-state index contributed by atoms with van der Waals surface area (Å²) >= 11 is 0. The first-order chi connectivity index (χ1) is 10.6. The van der Waals surface area contributed by atoms with Crippen LogP contribution < -0.4 is 5.73 Å². The number of primary amides is 1. The summed E-state index contributed by atoms with van der Waals surface area (Å²) in [5.41, 5.74) is 1.77. The van der Waals surface area contributed by atoms with Crippen molar-refractivity contribution in [3.63, 3.8) is 0 Å². The molecule has 2 aromatic rings. The highest BCUT2D eigenvalue weighted by Crippen LogP contribution is 2.37. The van der Waals surface area contributed by atoms with Gasteiger partial charge in [-0.1, -0.05) is 12.1 Å². The van der Waals surface area contributed by atoms with Crippen LogP contribution in [-0.2, 0) is 6.18 Å². The number of halogens is 4. The first kappa shape index (κ1) is 16.4. The van der Waals surface area contributed by atoms with Crippen molar-refractivity contribution in [2.24, 2.45) is 5.73 Å². The maximum atomic E-state index is 13.3. The largest absolute Gasteiger partial charge is 0.419 e. The molecule has 0 saturated carbocycles. The number of nitrogens with zero attached hydrogens (tertiary/aromatic N) is 1.